The van der Waals surface area contributed by atoms with Crippen molar-refractivity contribution < 1.29 is 4.79 Å². The molecule has 1 aliphatic heterocycles. The molecule has 142 valence electrons. The third kappa shape index (κ3) is 4.03. The van der Waals surface area contributed by atoms with Gasteiger partial charge in [0.05, 0.1) is 11.9 Å². The van der Waals surface area contributed by atoms with Gasteiger partial charge in [0.1, 0.15) is 29.5 Å². The molecule has 1 aliphatic rings. The van der Waals surface area contributed by atoms with E-state index < -0.39 is 0 Å². The van der Waals surface area contributed by atoms with Gasteiger partial charge in [-0.1, -0.05) is 6.07 Å². The molecule has 0 aromatic carbocycles. The molecule has 3 aromatic heterocycles. The van der Waals surface area contributed by atoms with Gasteiger partial charge < -0.3 is 15.1 Å². The van der Waals surface area contributed by atoms with E-state index >= 15 is 0 Å². The van der Waals surface area contributed by atoms with Crippen LogP contribution in [0.25, 0.3) is 0 Å². The van der Waals surface area contributed by atoms with E-state index in [0.717, 1.165) is 17.3 Å². The second-order valence-corrected chi connectivity index (χ2v) is 6.42. The van der Waals surface area contributed by atoms with Crippen molar-refractivity contribution in [2.45, 2.75) is 6.92 Å². The average molecular weight is 376 g/mol. The lowest BCUT2D eigenvalue weighted by molar-refractivity contribution is 0.0740. The molecule has 9 heteroatoms. The molecule has 1 N–H and O–H groups in total. The van der Waals surface area contributed by atoms with Gasteiger partial charge in [-0.15, -0.1) is 0 Å². The van der Waals surface area contributed by atoms with Crippen molar-refractivity contribution in [1.29, 1.82) is 0 Å². The highest BCUT2D eigenvalue weighted by Crippen LogP contribution is 2.19. The molecule has 0 atom stereocenters. The van der Waals surface area contributed by atoms with Crippen LogP contribution >= 0.6 is 0 Å². The number of nitrogens with zero attached hydrogens (tertiary/aromatic N) is 7. The number of rotatable bonds is 4. The molecule has 9 nitrogen and oxygen atoms in total. The Morgan fingerprint density at radius 3 is 2.54 bits per heavy atom. The summed E-state index contributed by atoms with van der Waals surface area (Å²) in [5, 5.41) is 3.17. The summed E-state index contributed by atoms with van der Waals surface area (Å²) in [5.41, 5.74) is 1.17. The molecule has 0 bridgehead atoms. The van der Waals surface area contributed by atoms with Crippen molar-refractivity contribution in [3.8, 4) is 0 Å². The number of carbonyl (C=O) groups excluding carboxylic acids is 1. The van der Waals surface area contributed by atoms with Crippen LogP contribution in [0.5, 0.6) is 0 Å². The predicted molar refractivity (Wildman–Crippen MR) is 104 cm³/mol. The highest BCUT2D eigenvalue weighted by atomic mass is 16.2. The third-order valence-electron chi connectivity index (χ3n) is 4.46. The number of piperazine rings is 1. The Bertz CT molecular complexity index is 940. The first-order chi connectivity index (χ1) is 13.7. The summed E-state index contributed by atoms with van der Waals surface area (Å²) in [6, 6.07) is 7.53. The summed E-state index contributed by atoms with van der Waals surface area (Å²) >= 11 is 0. The lowest BCUT2D eigenvalue weighted by atomic mass is 10.2. The molecule has 0 spiro atoms. The minimum absolute atomic E-state index is 0.0904. The van der Waals surface area contributed by atoms with Gasteiger partial charge in [-0.05, 0) is 19.1 Å². The Morgan fingerprint density at radius 1 is 0.964 bits per heavy atom. The van der Waals surface area contributed by atoms with Crippen molar-refractivity contribution >= 4 is 23.4 Å². The normalized spacial score (nSPS) is 14.0. The van der Waals surface area contributed by atoms with Crippen molar-refractivity contribution in [2.75, 3.05) is 36.4 Å². The van der Waals surface area contributed by atoms with Crippen LogP contribution in [-0.2, 0) is 0 Å². The van der Waals surface area contributed by atoms with Crippen molar-refractivity contribution in [3.05, 3.63) is 60.6 Å². The first kappa shape index (κ1) is 17.8. The van der Waals surface area contributed by atoms with E-state index in [2.05, 4.69) is 35.1 Å². The quantitative estimate of drug-likeness (QED) is 0.734. The molecule has 28 heavy (non-hydrogen) atoms. The van der Waals surface area contributed by atoms with E-state index in [0.29, 0.717) is 37.7 Å². The molecule has 4 rings (SSSR count). The number of pyridine rings is 1. The maximum absolute atomic E-state index is 12.6. The van der Waals surface area contributed by atoms with E-state index in [4.69, 9.17) is 0 Å². The van der Waals surface area contributed by atoms with Crippen LogP contribution in [-0.4, -0.2) is 61.9 Å². The second-order valence-electron chi connectivity index (χ2n) is 6.42. The smallest absolute Gasteiger partial charge is 0.274 e. The molecule has 3 aromatic rings. The van der Waals surface area contributed by atoms with Gasteiger partial charge in [0.15, 0.2) is 0 Å². The fraction of sp³-hybridized carbons (Fsp3) is 0.263. The lowest BCUT2D eigenvalue weighted by Gasteiger charge is -2.35. The number of aromatic nitrogens is 5. The zero-order chi connectivity index (χ0) is 19.3. The van der Waals surface area contributed by atoms with Crippen LogP contribution in [0.2, 0.25) is 0 Å². The van der Waals surface area contributed by atoms with Gasteiger partial charge in [-0.3, -0.25) is 9.78 Å². The summed E-state index contributed by atoms with van der Waals surface area (Å²) < 4.78 is 0. The maximum Gasteiger partial charge on any atom is 0.274 e. The highest BCUT2D eigenvalue weighted by Gasteiger charge is 2.24. The number of carbonyl (C=O) groups is 1. The number of nitrogens with one attached hydrogen (secondary N) is 1. The third-order valence-corrected chi connectivity index (χ3v) is 4.46. The molecule has 1 fully saturated rings. The van der Waals surface area contributed by atoms with E-state index in [1.54, 1.807) is 17.3 Å². The molecule has 1 amide bonds. The number of aryl methyl sites for hydroxylation is 1. The number of amides is 1. The van der Waals surface area contributed by atoms with Crippen LogP contribution in [0.1, 0.15) is 16.2 Å². The summed E-state index contributed by atoms with van der Waals surface area (Å²) in [6.07, 6.45) is 6.39. The van der Waals surface area contributed by atoms with Crippen LogP contribution in [0, 0.1) is 6.92 Å². The fourth-order valence-corrected chi connectivity index (χ4v) is 2.96. The van der Waals surface area contributed by atoms with Crippen molar-refractivity contribution in [2.24, 2.45) is 0 Å². The van der Waals surface area contributed by atoms with Gasteiger partial charge in [0.2, 0.25) is 0 Å². The minimum Gasteiger partial charge on any atom is -0.353 e. The van der Waals surface area contributed by atoms with Crippen LogP contribution in [0.15, 0.2) is 49.2 Å². The maximum atomic E-state index is 12.6. The van der Waals surface area contributed by atoms with Crippen molar-refractivity contribution in [1.82, 2.24) is 29.8 Å². The van der Waals surface area contributed by atoms with Gasteiger partial charge >= 0.3 is 0 Å². The Hall–Kier alpha value is -3.62. The van der Waals surface area contributed by atoms with Gasteiger partial charge in [0.25, 0.3) is 5.91 Å². The van der Waals surface area contributed by atoms with E-state index in [1.807, 2.05) is 31.2 Å². The standard InChI is InChI=1S/C19H20N8O/c1-14-11-22-15(12-21-14)19(28)27-8-6-26(7-9-27)18-10-17(23-13-24-18)25-16-4-2-3-5-20-16/h2-5,10-13H,6-9H2,1H3,(H,20,23,24,25). The molecule has 0 saturated carbocycles. The van der Waals surface area contributed by atoms with Gasteiger partial charge in [-0.2, -0.15) is 0 Å². The van der Waals surface area contributed by atoms with Crippen LogP contribution in [0.3, 0.4) is 0 Å². The number of anilines is 3. The highest BCUT2D eigenvalue weighted by molar-refractivity contribution is 5.92. The first-order valence-corrected chi connectivity index (χ1v) is 9.02. The molecule has 0 unspecified atom stereocenters. The lowest BCUT2D eigenvalue weighted by Crippen LogP contribution is -2.49. The summed E-state index contributed by atoms with van der Waals surface area (Å²) in [6.45, 7) is 4.41. The number of hydrogen-bond donors (Lipinski definition) is 1. The second kappa shape index (κ2) is 7.95. The molecule has 4 heterocycles. The molecule has 0 aliphatic carbocycles. The fourth-order valence-electron chi connectivity index (χ4n) is 2.96. The van der Waals surface area contributed by atoms with Crippen molar-refractivity contribution in [3.63, 3.8) is 0 Å². The molecule has 1 saturated heterocycles. The Morgan fingerprint density at radius 2 is 1.82 bits per heavy atom. The molecule has 0 radical (unpaired) electrons. The van der Waals surface area contributed by atoms with Crippen LogP contribution in [0.4, 0.5) is 17.5 Å². The molecular weight excluding hydrogens is 356 g/mol. The minimum atomic E-state index is -0.0904. The number of hydrogen-bond acceptors (Lipinski definition) is 8. The van der Waals surface area contributed by atoms with Gasteiger partial charge in [-0.25, -0.2) is 19.9 Å². The largest absolute Gasteiger partial charge is 0.353 e. The monoisotopic (exact) mass is 376 g/mol. The zero-order valence-corrected chi connectivity index (χ0v) is 15.5. The molecular formula is C19H20N8O. The van der Waals surface area contributed by atoms with E-state index in [1.165, 1.54) is 12.5 Å². The SMILES string of the molecule is Cc1cnc(C(=O)N2CCN(c3cc(Nc4ccccn4)ncn3)CC2)cn1. The van der Waals surface area contributed by atoms with Gasteiger partial charge in [0, 0.05) is 44.6 Å². The van der Waals surface area contributed by atoms with Crippen LogP contribution < -0.4 is 10.2 Å². The first-order valence-electron chi connectivity index (χ1n) is 9.02. The topological polar surface area (TPSA) is 100 Å². The Labute approximate surface area is 162 Å². The van der Waals surface area contributed by atoms with E-state index in [9.17, 15) is 4.79 Å². The summed E-state index contributed by atoms with van der Waals surface area (Å²) in [7, 11) is 0. The van der Waals surface area contributed by atoms with E-state index in [-0.39, 0.29) is 5.91 Å². The Kier molecular flexibility index (Phi) is 5.05. The average Bonchev–Trinajstić information content (AvgIpc) is 2.75. The summed E-state index contributed by atoms with van der Waals surface area (Å²) in [4.78, 5) is 37.7. The predicted octanol–water partition coefficient (Wildman–Crippen LogP) is 1.68. The zero-order valence-electron chi connectivity index (χ0n) is 15.5. The Balaban J connectivity index is 1.39. The summed E-state index contributed by atoms with van der Waals surface area (Å²) in [5.74, 6) is 2.13.